The van der Waals surface area contributed by atoms with Crippen LogP contribution in [0.25, 0.3) is 0 Å². The van der Waals surface area contributed by atoms with Gasteiger partial charge in [-0.25, -0.2) is 8.78 Å². The highest BCUT2D eigenvalue weighted by atomic mass is 19.2. The molecule has 0 spiro atoms. The second-order valence-electron chi connectivity index (χ2n) is 3.85. The third kappa shape index (κ3) is 4.11. The number of rotatable bonds is 5. The Labute approximate surface area is 99.0 Å². The molecule has 17 heavy (non-hydrogen) atoms. The fourth-order valence-corrected chi connectivity index (χ4v) is 1.44. The Morgan fingerprint density at radius 2 is 2.12 bits per heavy atom. The van der Waals surface area contributed by atoms with Crippen molar-refractivity contribution in [1.29, 1.82) is 0 Å². The molecule has 0 aliphatic heterocycles. The minimum Gasteiger partial charge on any atom is -0.350 e. The summed E-state index contributed by atoms with van der Waals surface area (Å²) in [4.78, 5) is 11.4. The molecule has 0 radical (unpaired) electrons. The van der Waals surface area contributed by atoms with E-state index >= 15 is 0 Å². The van der Waals surface area contributed by atoms with Gasteiger partial charge in [-0.2, -0.15) is 0 Å². The zero-order chi connectivity index (χ0) is 12.8. The van der Waals surface area contributed by atoms with Crippen LogP contribution in [0, 0.1) is 11.6 Å². The van der Waals surface area contributed by atoms with Crippen LogP contribution in [0.3, 0.4) is 0 Å². The Balaban J connectivity index is 2.60. The number of amides is 1. The summed E-state index contributed by atoms with van der Waals surface area (Å²) in [5.74, 6) is -1.95. The van der Waals surface area contributed by atoms with Gasteiger partial charge in [0, 0.05) is 6.42 Å². The number of nitrogens with two attached hydrogens (primary N) is 1. The predicted octanol–water partition coefficient (Wildman–Crippen LogP) is 1.88. The van der Waals surface area contributed by atoms with Crippen molar-refractivity contribution in [3.8, 4) is 0 Å². The molecular weight excluding hydrogens is 226 g/mol. The van der Waals surface area contributed by atoms with Gasteiger partial charge in [-0.15, -0.1) is 0 Å². The van der Waals surface area contributed by atoms with Gasteiger partial charge in [0.25, 0.3) is 0 Å². The highest BCUT2D eigenvalue weighted by Gasteiger charge is 2.11. The van der Waals surface area contributed by atoms with Crippen LogP contribution in [0.5, 0.6) is 0 Å². The molecule has 0 aromatic heterocycles. The summed E-state index contributed by atoms with van der Waals surface area (Å²) in [5.41, 5.74) is 5.82. The van der Waals surface area contributed by atoms with Crippen LogP contribution in [0.2, 0.25) is 0 Å². The van der Waals surface area contributed by atoms with Crippen LogP contribution in [-0.2, 0) is 4.79 Å². The van der Waals surface area contributed by atoms with Crippen molar-refractivity contribution >= 4 is 5.91 Å². The molecule has 0 heterocycles. The van der Waals surface area contributed by atoms with E-state index in [4.69, 9.17) is 5.73 Å². The average molecular weight is 242 g/mol. The van der Waals surface area contributed by atoms with Crippen molar-refractivity contribution in [2.45, 2.75) is 25.8 Å². The van der Waals surface area contributed by atoms with Gasteiger partial charge >= 0.3 is 0 Å². The summed E-state index contributed by atoms with van der Waals surface area (Å²) >= 11 is 0. The number of nitrogens with one attached hydrogen (secondary N) is 1. The third-order valence-electron chi connectivity index (χ3n) is 2.43. The summed E-state index contributed by atoms with van der Waals surface area (Å²) in [6, 6.07) is 3.23. The zero-order valence-electron chi connectivity index (χ0n) is 9.67. The maximum Gasteiger partial charge on any atom is 0.220 e. The molecule has 0 aliphatic carbocycles. The van der Waals surface area contributed by atoms with E-state index in [9.17, 15) is 13.6 Å². The lowest BCUT2D eigenvalue weighted by molar-refractivity contribution is -0.121. The van der Waals surface area contributed by atoms with Gasteiger partial charge in [-0.1, -0.05) is 6.07 Å². The number of carbonyl (C=O) groups is 1. The summed E-state index contributed by atoms with van der Waals surface area (Å²) in [5, 5.41) is 2.69. The van der Waals surface area contributed by atoms with Gasteiger partial charge in [0.05, 0.1) is 6.04 Å². The maximum absolute atomic E-state index is 13.0. The molecule has 0 saturated heterocycles. The van der Waals surface area contributed by atoms with E-state index in [-0.39, 0.29) is 11.9 Å². The van der Waals surface area contributed by atoms with Crippen LogP contribution < -0.4 is 11.1 Å². The summed E-state index contributed by atoms with van der Waals surface area (Å²) < 4.78 is 25.7. The highest BCUT2D eigenvalue weighted by molar-refractivity contribution is 5.76. The van der Waals surface area contributed by atoms with Crippen molar-refractivity contribution in [3.05, 3.63) is 35.4 Å². The first-order chi connectivity index (χ1) is 8.04. The topological polar surface area (TPSA) is 55.1 Å². The molecule has 1 aromatic carbocycles. The largest absolute Gasteiger partial charge is 0.350 e. The molecule has 5 heteroatoms. The van der Waals surface area contributed by atoms with Crippen LogP contribution >= 0.6 is 0 Å². The molecule has 1 rings (SSSR count). The number of hydrogen-bond acceptors (Lipinski definition) is 2. The maximum atomic E-state index is 13.0. The first kappa shape index (κ1) is 13.6. The van der Waals surface area contributed by atoms with Gasteiger partial charge in [-0.3, -0.25) is 4.79 Å². The van der Waals surface area contributed by atoms with Crippen molar-refractivity contribution < 1.29 is 13.6 Å². The van der Waals surface area contributed by atoms with Crippen LogP contribution in [-0.4, -0.2) is 12.5 Å². The molecule has 3 N–H and O–H groups in total. The van der Waals surface area contributed by atoms with E-state index in [1.54, 1.807) is 6.92 Å². The molecule has 0 bridgehead atoms. The van der Waals surface area contributed by atoms with E-state index in [0.29, 0.717) is 24.9 Å². The van der Waals surface area contributed by atoms with Gasteiger partial charge in [0.2, 0.25) is 5.91 Å². The quantitative estimate of drug-likeness (QED) is 0.828. The minimum atomic E-state index is -0.912. The monoisotopic (exact) mass is 242 g/mol. The second-order valence-corrected chi connectivity index (χ2v) is 3.85. The molecule has 3 nitrogen and oxygen atoms in total. The first-order valence-corrected chi connectivity index (χ1v) is 5.49. The van der Waals surface area contributed by atoms with Crippen molar-refractivity contribution in [3.63, 3.8) is 0 Å². The molecule has 1 atom stereocenters. The van der Waals surface area contributed by atoms with Crippen molar-refractivity contribution in [2.75, 3.05) is 6.54 Å². The Bertz CT molecular complexity index is 396. The molecule has 1 aromatic rings. The fourth-order valence-electron chi connectivity index (χ4n) is 1.44. The Morgan fingerprint density at radius 1 is 1.41 bits per heavy atom. The van der Waals surface area contributed by atoms with E-state index in [0.717, 1.165) is 12.1 Å². The Morgan fingerprint density at radius 3 is 2.71 bits per heavy atom. The summed E-state index contributed by atoms with van der Waals surface area (Å²) in [7, 11) is 0. The Kier molecular flexibility index (Phi) is 5.03. The smallest absolute Gasteiger partial charge is 0.220 e. The van der Waals surface area contributed by atoms with Gasteiger partial charge < -0.3 is 11.1 Å². The van der Waals surface area contributed by atoms with Gasteiger partial charge in [-0.05, 0) is 37.6 Å². The lowest BCUT2D eigenvalue weighted by Crippen LogP contribution is -2.27. The number of hydrogen-bond donors (Lipinski definition) is 2. The molecule has 1 amide bonds. The van der Waals surface area contributed by atoms with Crippen LogP contribution in [0.15, 0.2) is 18.2 Å². The predicted molar refractivity (Wildman–Crippen MR) is 61.2 cm³/mol. The molecular formula is C12H16F2N2O. The van der Waals surface area contributed by atoms with E-state index < -0.39 is 11.6 Å². The Hall–Kier alpha value is -1.49. The average Bonchev–Trinajstić information content (AvgIpc) is 2.30. The molecule has 94 valence electrons. The molecule has 1 unspecified atom stereocenters. The fraction of sp³-hybridized carbons (Fsp3) is 0.417. The standard InChI is InChI=1S/C12H16F2N2O/c1-8(16-12(17)3-2-6-15)9-4-5-10(13)11(14)7-9/h4-5,7-8H,2-3,6,15H2,1H3,(H,16,17). The van der Waals surface area contributed by atoms with Gasteiger partial charge in [0.15, 0.2) is 11.6 Å². The third-order valence-corrected chi connectivity index (χ3v) is 2.43. The van der Waals surface area contributed by atoms with Crippen molar-refractivity contribution in [2.24, 2.45) is 5.73 Å². The molecule has 0 aliphatic rings. The first-order valence-electron chi connectivity index (χ1n) is 5.49. The minimum absolute atomic E-state index is 0.146. The van der Waals surface area contributed by atoms with Crippen molar-refractivity contribution in [1.82, 2.24) is 5.32 Å². The van der Waals surface area contributed by atoms with E-state index in [1.165, 1.54) is 6.07 Å². The van der Waals surface area contributed by atoms with Crippen LogP contribution in [0.4, 0.5) is 8.78 Å². The van der Waals surface area contributed by atoms with Crippen LogP contribution in [0.1, 0.15) is 31.4 Å². The normalized spacial score (nSPS) is 12.2. The molecule has 0 fully saturated rings. The zero-order valence-corrected chi connectivity index (χ0v) is 9.67. The highest BCUT2D eigenvalue weighted by Crippen LogP contribution is 2.15. The van der Waals surface area contributed by atoms with E-state index in [1.807, 2.05) is 0 Å². The lowest BCUT2D eigenvalue weighted by Gasteiger charge is -2.14. The number of halogens is 2. The summed E-state index contributed by atoms with van der Waals surface area (Å²) in [6.45, 7) is 2.17. The van der Waals surface area contributed by atoms with E-state index in [2.05, 4.69) is 5.32 Å². The SMILES string of the molecule is CC(NC(=O)CCCN)c1ccc(F)c(F)c1. The lowest BCUT2D eigenvalue weighted by atomic mass is 10.1. The number of benzene rings is 1. The summed E-state index contributed by atoms with van der Waals surface area (Å²) in [6.07, 6.45) is 0.945. The number of carbonyl (C=O) groups excluding carboxylic acids is 1. The molecule has 0 saturated carbocycles. The second kappa shape index (κ2) is 6.30. The van der Waals surface area contributed by atoms with Gasteiger partial charge in [0.1, 0.15) is 0 Å².